The number of carbonyl (C=O) groups excluding carboxylic acids is 1. The van der Waals surface area contributed by atoms with Gasteiger partial charge in [0.15, 0.2) is 5.76 Å². The first-order valence-corrected chi connectivity index (χ1v) is 9.93. The lowest BCUT2D eigenvalue weighted by Gasteiger charge is -2.41. The molecule has 2 atom stereocenters. The zero-order valence-corrected chi connectivity index (χ0v) is 15.7. The molecule has 0 spiro atoms. The van der Waals surface area contributed by atoms with E-state index in [9.17, 15) is 15.0 Å². The molecule has 0 bridgehead atoms. The molecule has 1 fully saturated rings. The Morgan fingerprint density at radius 1 is 1.50 bits per heavy atom. The third-order valence-corrected chi connectivity index (χ3v) is 5.95. The summed E-state index contributed by atoms with van der Waals surface area (Å²) in [5.41, 5.74) is -0.0289. The smallest absolute Gasteiger partial charge is 0.289 e. The van der Waals surface area contributed by atoms with Crippen molar-refractivity contribution in [2.45, 2.75) is 63.9 Å². The largest absolute Gasteiger partial charge is 0.456 e. The quantitative estimate of drug-likeness (QED) is 0.736. The van der Waals surface area contributed by atoms with Crippen molar-refractivity contribution < 1.29 is 19.4 Å². The number of hydrogen-bond donors (Lipinski definition) is 2. The number of nitrogens with zero attached hydrogens (tertiary/aromatic N) is 1. The van der Waals surface area contributed by atoms with Crippen LogP contribution in [0.5, 0.6) is 0 Å². The van der Waals surface area contributed by atoms with Gasteiger partial charge in [-0.1, -0.05) is 20.3 Å². The molecule has 1 aromatic heterocycles. The summed E-state index contributed by atoms with van der Waals surface area (Å²) >= 11 is 1.85. The highest BCUT2D eigenvalue weighted by atomic mass is 32.2. The fraction of sp³-hybridized carbons (Fsp3) is 0.722. The summed E-state index contributed by atoms with van der Waals surface area (Å²) in [6, 6.07) is 1.82. The van der Waals surface area contributed by atoms with Crippen LogP contribution in [-0.4, -0.2) is 51.6 Å². The molecule has 1 saturated heterocycles. The number of unbranched alkanes of at least 4 members (excludes halogenated alkanes) is 1. The van der Waals surface area contributed by atoms with Crippen molar-refractivity contribution in [1.29, 1.82) is 0 Å². The minimum Gasteiger partial charge on any atom is -0.456 e. The van der Waals surface area contributed by atoms with Gasteiger partial charge in [0.05, 0.1) is 5.60 Å². The zero-order valence-electron chi connectivity index (χ0n) is 14.9. The maximum atomic E-state index is 12.6. The monoisotopic (exact) mass is 355 g/mol. The normalized spacial score (nSPS) is 24.4. The maximum absolute atomic E-state index is 12.6. The van der Waals surface area contributed by atoms with Crippen molar-refractivity contribution in [3.63, 3.8) is 0 Å². The van der Waals surface area contributed by atoms with Crippen LogP contribution in [0.3, 0.4) is 0 Å². The third kappa shape index (κ3) is 4.35. The van der Waals surface area contributed by atoms with Crippen molar-refractivity contribution >= 4 is 17.7 Å². The van der Waals surface area contributed by atoms with E-state index in [1.807, 2.05) is 31.7 Å². The van der Waals surface area contributed by atoms with Crippen LogP contribution >= 0.6 is 11.8 Å². The van der Waals surface area contributed by atoms with E-state index in [4.69, 9.17) is 4.42 Å². The van der Waals surface area contributed by atoms with Crippen molar-refractivity contribution in [1.82, 2.24) is 4.90 Å². The first-order valence-electron chi connectivity index (χ1n) is 8.78. The molecule has 0 aliphatic carbocycles. The summed E-state index contributed by atoms with van der Waals surface area (Å²) in [6.07, 6.45) is 2.33. The number of furan rings is 1. The molecule has 0 unspecified atom stereocenters. The van der Waals surface area contributed by atoms with Crippen LogP contribution < -0.4 is 0 Å². The number of rotatable bonds is 7. The maximum Gasteiger partial charge on any atom is 0.289 e. The molecule has 2 N–H and O–H groups in total. The van der Waals surface area contributed by atoms with Gasteiger partial charge in [-0.2, -0.15) is 11.8 Å². The van der Waals surface area contributed by atoms with Crippen molar-refractivity contribution in [2.75, 3.05) is 18.8 Å². The summed E-state index contributed by atoms with van der Waals surface area (Å²) in [6.45, 7) is 6.48. The van der Waals surface area contributed by atoms with E-state index in [1.165, 1.54) is 12.8 Å². The first kappa shape index (κ1) is 19.3. The number of β-amino-alcohol motifs (C(OH)–C–C–N with tert-alkyl or cyclic N) is 1. The predicted octanol–water partition coefficient (Wildman–Crippen LogP) is 2.97. The predicted molar refractivity (Wildman–Crippen MR) is 96.3 cm³/mol. The van der Waals surface area contributed by atoms with E-state index >= 15 is 0 Å². The molecule has 5 nitrogen and oxygen atoms in total. The zero-order chi connectivity index (χ0) is 17.7. The van der Waals surface area contributed by atoms with Gasteiger partial charge in [-0.3, -0.25) is 4.79 Å². The van der Waals surface area contributed by atoms with E-state index in [1.54, 1.807) is 4.90 Å². The Morgan fingerprint density at radius 3 is 2.88 bits per heavy atom. The van der Waals surface area contributed by atoms with E-state index in [2.05, 4.69) is 6.92 Å². The highest BCUT2D eigenvalue weighted by molar-refractivity contribution is 7.98. The molecule has 0 saturated carbocycles. The number of aliphatic hydroxyl groups is 2. The molecule has 1 aromatic rings. The second kappa shape index (κ2) is 8.41. The van der Waals surface area contributed by atoms with Crippen LogP contribution in [0.2, 0.25) is 0 Å². The fourth-order valence-electron chi connectivity index (χ4n) is 2.91. The molecular weight excluding hydrogens is 326 g/mol. The lowest BCUT2D eigenvalue weighted by Crippen LogP contribution is -2.56. The molecule has 6 heteroatoms. The molecule has 0 radical (unpaired) electrons. The topological polar surface area (TPSA) is 73.9 Å². The Balaban J connectivity index is 1.98. The number of aliphatic hydroxyl groups excluding tert-OH is 1. The number of piperidine rings is 1. The highest BCUT2D eigenvalue weighted by Crippen LogP contribution is 2.28. The molecule has 24 heavy (non-hydrogen) atoms. The van der Waals surface area contributed by atoms with Crippen LogP contribution in [0.25, 0.3) is 0 Å². The highest BCUT2D eigenvalue weighted by Gasteiger charge is 2.41. The van der Waals surface area contributed by atoms with Gasteiger partial charge in [0.1, 0.15) is 11.9 Å². The number of carbonyl (C=O) groups is 1. The Hall–Kier alpha value is -0.980. The van der Waals surface area contributed by atoms with Gasteiger partial charge in [0.2, 0.25) is 0 Å². The van der Waals surface area contributed by atoms with Crippen molar-refractivity contribution in [3.8, 4) is 0 Å². The van der Waals surface area contributed by atoms with Crippen LogP contribution in [0.4, 0.5) is 0 Å². The minimum absolute atomic E-state index is 0.142. The molecule has 2 heterocycles. The van der Waals surface area contributed by atoms with E-state index in [0.29, 0.717) is 25.1 Å². The summed E-state index contributed by atoms with van der Waals surface area (Å²) in [4.78, 5) is 14.2. The average Bonchev–Trinajstić information content (AvgIpc) is 2.94. The van der Waals surface area contributed by atoms with E-state index in [-0.39, 0.29) is 12.5 Å². The summed E-state index contributed by atoms with van der Waals surface area (Å²) in [7, 11) is 0. The van der Waals surface area contributed by atoms with Gasteiger partial charge in [-0.15, -0.1) is 0 Å². The van der Waals surface area contributed by atoms with Crippen molar-refractivity contribution in [2.24, 2.45) is 0 Å². The molecule has 1 amide bonds. The Kier molecular flexibility index (Phi) is 6.78. The Bertz CT molecular complexity index is 559. The van der Waals surface area contributed by atoms with Gasteiger partial charge in [-0.05, 0) is 38.0 Å². The third-order valence-electron chi connectivity index (χ3n) is 4.86. The van der Waals surface area contributed by atoms with Gasteiger partial charge in [-0.25, -0.2) is 0 Å². The fourth-order valence-corrected chi connectivity index (χ4v) is 4.06. The van der Waals surface area contributed by atoms with Crippen molar-refractivity contribution in [3.05, 3.63) is 23.2 Å². The van der Waals surface area contributed by atoms with Crippen LogP contribution in [0.15, 0.2) is 10.5 Å². The van der Waals surface area contributed by atoms with Gasteiger partial charge in [0, 0.05) is 24.4 Å². The summed E-state index contributed by atoms with van der Waals surface area (Å²) in [5.74, 6) is 2.86. The standard InChI is InChI=1S/C18H29NO4S/c1-4-6-9-24-12-14-10-15(23-13(14)3)17(21)19-8-7-18(22,5-2)16(20)11-19/h10,16,20,22H,4-9,11-12H2,1-3H3/t16-,18-/m1/s1. The number of amides is 1. The lowest BCUT2D eigenvalue weighted by molar-refractivity contribution is -0.114. The van der Waals surface area contributed by atoms with Gasteiger partial charge < -0.3 is 19.5 Å². The molecular formula is C18H29NO4S. The number of aryl methyl sites for hydroxylation is 1. The number of hydrogen-bond acceptors (Lipinski definition) is 5. The van der Waals surface area contributed by atoms with E-state index < -0.39 is 11.7 Å². The van der Waals surface area contributed by atoms with Gasteiger partial charge >= 0.3 is 0 Å². The lowest BCUT2D eigenvalue weighted by atomic mass is 9.86. The molecule has 0 aromatic carbocycles. The first-order chi connectivity index (χ1) is 11.4. The molecule has 136 valence electrons. The number of likely N-dealkylation sites (tertiary alicyclic amines) is 1. The van der Waals surface area contributed by atoms with Gasteiger partial charge in [0.25, 0.3) is 5.91 Å². The molecule has 1 aliphatic rings. The SMILES string of the molecule is CCCCSCc1cc(C(=O)N2CC[C@](O)(CC)[C@H](O)C2)oc1C. The Labute approximate surface area is 148 Å². The second-order valence-electron chi connectivity index (χ2n) is 6.57. The van der Waals surface area contributed by atoms with Crippen LogP contribution in [0, 0.1) is 6.92 Å². The molecule has 1 aliphatic heterocycles. The summed E-state index contributed by atoms with van der Waals surface area (Å²) < 4.78 is 5.65. The Morgan fingerprint density at radius 2 is 2.25 bits per heavy atom. The minimum atomic E-state index is -1.09. The van der Waals surface area contributed by atoms with E-state index in [0.717, 1.165) is 22.8 Å². The van der Waals surface area contributed by atoms with Crippen LogP contribution in [0.1, 0.15) is 61.4 Å². The second-order valence-corrected chi connectivity index (χ2v) is 7.68. The summed E-state index contributed by atoms with van der Waals surface area (Å²) in [5, 5.41) is 20.4. The number of thioether (sulfide) groups is 1. The molecule has 2 rings (SSSR count). The average molecular weight is 356 g/mol. The van der Waals surface area contributed by atoms with Crippen LogP contribution in [-0.2, 0) is 5.75 Å².